The Morgan fingerprint density at radius 3 is 2.45 bits per heavy atom. The third-order valence-electron chi connectivity index (χ3n) is 5.66. The molecule has 0 radical (unpaired) electrons. The van der Waals surface area contributed by atoms with Gasteiger partial charge in [-0.2, -0.15) is 13.4 Å². The quantitative estimate of drug-likeness (QED) is 0.207. The summed E-state index contributed by atoms with van der Waals surface area (Å²) in [5.74, 6) is 0.326. The van der Waals surface area contributed by atoms with Gasteiger partial charge in [-0.15, -0.1) is 0 Å². The monoisotopic (exact) mass is 570 g/mol. The molecule has 0 saturated carbocycles. The number of aryl methyl sites for hydroxylation is 1. The Hall–Kier alpha value is -4.26. The molecule has 0 spiro atoms. The van der Waals surface area contributed by atoms with Crippen LogP contribution in [-0.4, -0.2) is 50.1 Å². The van der Waals surface area contributed by atoms with Crippen molar-refractivity contribution >= 4 is 33.1 Å². The number of rotatable bonds is 10. The number of amides is 1. The lowest BCUT2D eigenvalue weighted by Gasteiger charge is -2.15. The zero-order chi connectivity index (χ0) is 29.1. The number of benzene rings is 3. The van der Waals surface area contributed by atoms with E-state index in [-0.39, 0.29) is 30.0 Å². The number of halogens is 1. The normalized spacial score (nSPS) is 12.3. The van der Waals surface area contributed by atoms with E-state index < -0.39 is 16.2 Å². The predicted octanol–water partition coefficient (Wildman–Crippen LogP) is 4.03. The Bertz CT molecular complexity index is 1540. The summed E-state index contributed by atoms with van der Waals surface area (Å²) in [5, 5.41) is 5.70. The highest BCUT2D eigenvalue weighted by molar-refractivity contribution is 7.85. The van der Waals surface area contributed by atoms with Crippen LogP contribution in [0.1, 0.15) is 11.1 Å². The first-order valence-corrected chi connectivity index (χ1v) is 13.6. The van der Waals surface area contributed by atoms with E-state index in [1.54, 1.807) is 37.4 Å². The van der Waals surface area contributed by atoms with E-state index in [1.807, 2.05) is 37.3 Å². The molecule has 40 heavy (non-hydrogen) atoms. The molecular weight excluding hydrogens is 539 g/mol. The molecule has 0 aliphatic rings. The molecule has 3 aromatic carbocycles. The number of nitrogens with two attached hydrogens (primary N) is 1. The van der Waals surface area contributed by atoms with Crippen LogP contribution in [0, 0.1) is 6.92 Å². The number of nitrogens with one attached hydrogen (secondary N) is 2. The van der Waals surface area contributed by atoms with Crippen LogP contribution in [0.4, 0.5) is 10.4 Å². The van der Waals surface area contributed by atoms with E-state index in [9.17, 15) is 17.6 Å². The van der Waals surface area contributed by atoms with Crippen LogP contribution in [0.2, 0.25) is 0 Å². The van der Waals surface area contributed by atoms with Crippen molar-refractivity contribution in [3.05, 3.63) is 95.8 Å². The lowest BCUT2D eigenvalue weighted by Crippen LogP contribution is -2.39. The first-order valence-electron chi connectivity index (χ1n) is 12.2. The number of carbonyl (C=O) groups is 1. The fourth-order valence-electron chi connectivity index (χ4n) is 3.46. The molecule has 10 nitrogen and oxygen atoms in total. The van der Waals surface area contributed by atoms with Gasteiger partial charge in [-0.05, 0) is 36.8 Å². The van der Waals surface area contributed by atoms with Crippen LogP contribution in [0.15, 0.2) is 94.0 Å². The average molecular weight is 571 g/mol. The smallest absolute Gasteiger partial charge is 0.296 e. The summed E-state index contributed by atoms with van der Waals surface area (Å²) < 4.78 is 53.4. The van der Waals surface area contributed by atoms with Gasteiger partial charge in [0.1, 0.15) is 23.9 Å². The molecule has 0 fully saturated rings. The summed E-state index contributed by atoms with van der Waals surface area (Å²) in [6.07, 6.45) is 0.922. The molecule has 0 bridgehead atoms. The first kappa shape index (κ1) is 30.3. The molecule has 0 aliphatic carbocycles. The minimum Gasteiger partial charge on any atom is -0.489 e. The minimum atomic E-state index is -4.02. The zero-order valence-electron chi connectivity index (χ0n) is 22.0. The molecule has 1 amide bonds. The van der Waals surface area contributed by atoms with E-state index in [4.69, 9.17) is 19.4 Å². The van der Waals surface area contributed by atoms with Gasteiger partial charge in [0.25, 0.3) is 16.1 Å². The van der Waals surface area contributed by atoms with Crippen molar-refractivity contribution in [1.29, 1.82) is 0 Å². The molecule has 5 N–H and O–H groups in total. The average Bonchev–Trinajstić information content (AvgIpc) is 3.35. The van der Waals surface area contributed by atoms with Crippen molar-refractivity contribution < 1.29 is 31.3 Å². The maximum atomic E-state index is 12.6. The molecule has 1 atom stereocenters. The Kier molecular flexibility index (Phi) is 10.8. The van der Waals surface area contributed by atoms with Crippen molar-refractivity contribution in [2.24, 2.45) is 5.73 Å². The number of likely N-dealkylation sites (N-methyl/N-ethyl adjacent to an activating group) is 1. The zero-order valence-corrected chi connectivity index (χ0v) is 22.8. The highest BCUT2D eigenvalue weighted by Crippen LogP contribution is 2.25. The van der Waals surface area contributed by atoms with Gasteiger partial charge >= 0.3 is 0 Å². The second-order valence-electron chi connectivity index (χ2n) is 8.70. The van der Waals surface area contributed by atoms with Crippen molar-refractivity contribution in [2.45, 2.75) is 24.3 Å². The van der Waals surface area contributed by atoms with Gasteiger partial charge in [-0.25, -0.2) is 4.39 Å². The number of ether oxygens (including phenoxy) is 1. The number of aromatic nitrogens is 1. The minimum absolute atomic E-state index is 0.0492. The van der Waals surface area contributed by atoms with Crippen molar-refractivity contribution in [3.8, 4) is 5.75 Å². The molecule has 1 heterocycles. The first-order chi connectivity index (χ1) is 19.1. The van der Waals surface area contributed by atoms with Gasteiger partial charge in [0.2, 0.25) is 5.91 Å². The molecule has 4 aromatic rings. The SMILES string of the molecule is CNC(=O)C(Cc1ccccc1)Nc1nc2ccc(OCC(=CF)CN)cc2o1.Cc1ccc(S(=O)(=O)O)cc1. The van der Waals surface area contributed by atoms with Gasteiger partial charge in [0.15, 0.2) is 5.58 Å². The molecule has 0 saturated heterocycles. The van der Waals surface area contributed by atoms with E-state index >= 15 is 0 Å². The largest absolute Gasteiger partial charge is 0.489 e. The summed E-state index contributed by atoms with van der Waals surface area (Å²) >= 11 is 0. The lowest BCUT2D eigenvalue weighted by atomic mass is 10.1. The predicted molar refractivity (Wildman–Crippen MR) is 150 cm³/mol. The number of hydrogen-bond donors (Lipinski definition) is 4. The van der Waals surface area contributed by atoms with Crippen molar-refractivity contribution in [2.75, 3.05) is 25.5 Å². The highest BCUT2D eigenvalue weighted by Gasteiger charge is 2.20. The molecule has 212 valence electrons. The Balaban J connectivity index is 0.000000336. The van der Waals surface area contributed by atoms with E-state index in [0.29, 0.717) is 35.2 Å². The molecular formula is C28H31FN4O6S. The summed E-state index contributed by atoms with van der Waals surface area (Å²) in [4.78, 5) is 16.6. The number of carbonyl (C=O) groups excluding carboxylic acids is 1. The van der Waals surface area contributed by atoms with Gasteiger partial charge in [-0.1, -0.05) is 48.0 Å². The van der Waals surface area contributed by atoms with E-state index in [1.165, 1.54) is 12.1 Å². The Morgan fingerprint density at radius 2 is 1.85 bits per heavy atom. The number of anilines is 1. The fourth-order valence-corrected chi connectivity index (χ4v) is 3.94. The molecule has 0 aliphatic heterocycles. The second-order valence-corrected chi connectivity index (χ2v) is 10.1. The lowest BCUT2D eigenvalue weighted by molar-refractivity contribution is -0.121. The maximum Gasteiger partial charge on any atom is 0.296 e. The topological polar surface area (TPSA) is 157 Å². The maximum absolute atomic E-state index is 12.6. The summed E-state index contributed by atoms with van der Waals surface area (Å²) in [7, 11) is -2.44. The van der Waals surface area contributed by atoms with E-state index in [0.717, 1.165) is 11.1 Å². The molecule has 12 heteroatoms. The van der Waals surface area contributed by atoms with E-state index in [2.05, 4.69) is 15.6 Å². The number of fused-ring (bicyclic) bond motifs is 1. The summed E-state index contributed by atoms with van der Waals surface area (Å²) in [5.41, 5.74) is 8.83. The molecule has 1 unspecified atom stereocenters. The van der Waals surface area contributed by atoms with Crippen LogP contribution in [-0.2, 0) is 21.3 Å². The third-order valence-corrected chi connectivity index (χ3v) is 6.53. The number of hydrogen-bond acceptors (Lipinski definition) is 8. The second kappa shape index (κ2) is 14.2. The number of nitrogens with zero attached hydrogens (tertiary/aromatic N) is 1. The van der Waals surface area contributed by atoms with Crippen LogP contribution < -0.4 is 21.1 Å². The van der Waals surface area contributed by atoms with Gasteiger partial charge in [0, 0.05) is 31.7 Å². The molecule has 4 rings (SSSR count). The molecule has 1 aromatic heterocycles. The van der Waals surface area contributed by atoms with Crippen LogP contribution in [0.5, 0.6) is 5.75 Å². The fraction of sp³-hybridized carbons (Fsp3) is 0.214. The summed E-state index contributed by atoms with van der Waals surface area (Å²) in [6.45, 7) is 1.97. The third kappa shape index (κ3) is 8.90. The van der Waals surface area contributed by atoms with Crippen LogP contribution in [0.25, 0.3) is 11.1 Å². The van der Waals surface area contributed by atoms with Crippen LogP contribution >= 0.6 is 0 Å². The Labute approximate surface area is 231 Å². The van der Waals surface area contributed by atoms with Crippen LogP contribution in [0.3, 0.4) is 0 Å². The van der Waals surface area contributed by atoms with Crippen molar-refractivity contribution in [3.63, 3.8) is 0 Å². The number of oxazole rings is 1. The van der Waals surface area contributed by atoms with Gasteiger partial charge in [-0.3, -0.25) is 9.35 Å². The Morgan fingerprint density at radius 1 is 1.15 bits per heavy atom. The highest BCUT2D eigenvalue weighted by atomic mass is 32.2. The van der Waals surface area contributed by atoms with Gasteiger partial charge < -0.3 is 25.5 Å². The summed E-state index contributed by atoms with van der Waals surface area (Å²) in [6, 6.07) is 20.4. The standard InChI is InChI=1S/C21H23FN4O3.C7H8O3S/c1-24-20(27)18(9-14-5-3-2-4-6-14)26-21-25-17-8-7-16(10-19(17)29-21)28-13-15(11-22)12-23;1-6-2-4-7(5-3-6)11(8,9)10/h2-8,10-11,18H,9,12-13,23H2,1H3,(H,24,27)(H,25,26);2-5H,1H3,(H,8,9,10). The van der Waals surface area contributed by atoms with Gasteiger partial charge in [0.05, 0.1) is 11.2 Å². The van der Waals surface area contributed by atoms with Crippen molar-refractivity contribution in [1.82, 2.24) is 10.3 Å².